The first-order valence-electron chi connectivity index (χ1n) is 10.9. The van der Waals surface area contributed by atoms with E-state index >= 15 is 0 Å². The molecule has 3 rings (SSSR count). The SMILES string of the molecule is Cc1ncc(COc2ccccc2O[P+]([O-])=N[C@@H](C)C(=O)OC2CCN(C)CC2)c(C=O)c1O. The highest BCUT2D eigenvalue weighted by Crippen LogP contribution is 2.34. The number of hydrogen-bond acceptors (Lipinski definition) is 10. The van der Waals surface area contributed by atoms with E-state index in [1.165, 1.54) is 13.1 Å². The number of likely N-dealkylation sites (tertiary alicyclic amines) is 1. The van der Waals surface area contributed by atoms with Crippen molar-refractivity contribution in [3.05, 3.63) is 47.3 Å². The molecule has 2 heterocycles. The number of hydrogen-bond donors (Lipinski definition) is 1. The fraction of sp³-hybridized carbons (Fsp3) is 0.435. The summed E-state index contributed by atoms with van der Waals surface area (Å²) in [5.74, 6) is -0.345. The molecule has 2 atom stereocenters. The van der Waals surface area contributed by atoms with Gasteiger partial charge in [0.1, 0.15) is 18.5 Å². The maximum Gasteiger partial charge on any atom is 0.395 e. The van der Waals surface area contributed by atoms with E-state index in [1.807, 2.05) is 7.05 Å². The molecule has 1 saturated heterocycles. The summed E-state index contributed by atoms with van der Waals surface area (Å²) < 4.78 is 20.5. The molecule has 11 heteroatoms. The smallest absolute Gasteiger partial charge is 0.395 e. The topological polar surface area (TPSA) is 134 Å². The van der Waals surface area contributed by atoms with E-state index in [0.717, 1.165) is 25.9 Å². The average molecular weight is 489 g/mol. The predicted octanol–water partition coefficient (Wildman–Crippen LogP) is 2.75. The molecule has 10 nitrogen and oxygen atoms in total. The van der Waals surface area contributed by atoms with Gasteiger partial charge in [-0.3, -0.25) is 14.3 Å². The molecule has 2 aromatic rings. The molecule has 1 aromatic carbocycles. The van der Waals surface area contributed by atoms with Crippen molar-refractivity contribution in [3.63, 3.8) is 0 Å². The zero-order chi connectivity index (χ0) is 24.7. The number of carbonyl (C=O) groups is 2. The van der Waals surface area contributed by atoms with E-state index < -0.39 is 20.2 Å². The van der Waals surface area contributed by atoms with Crippen molar-refractivity contribution in [1.29, 1.82) is 0 Å². The summed E-state index contributed by atoms with van der Waals surface area (Å²) in [7, 11) is -0.565. The third kappa shape index (κ3) is 6.72. The number of aldehydes is 1. The first-order valence-corrected chi connectivity index (χ1v) is 12.0. The predicted molar refractivity (Wildman–Crippen MR) is 123 cm³/mol. The number of carbonyl (C=O) groups excluding carboxylic acids is 2. The number of aromatic hydroxyl groups is 1. The zero-order valence-corrected chi connectivity index (χ0v) is 20.2. The van der Waals surface area contributed by atoms with Crippen molar-refractivity contribution in [2.45, 2.75) is 45.4 Å². The Bertz CT molecular complexity index is 1050. The summed E-state index contributed by atoms with van der Waals surface area (Å²) in [6, 6.07) is 5.55. The Hall–Kier alpha value is -3.07. The van der Waals surface area contributed by atoms with E-state index in [2.05, 4.69) is 14.6 Å². The van der Waals surface area contributed by atoms with Gasteiger partial charge >= 0.3 is 14.1 Å². The van der Waals surface area contributed by atoms with E-state index in [0.29, 0.717) is 17.5 Å². The van der Waals surface area contributed by atoms with Crippen LogP contribution in [0.15, 0.2) is 35.2 Å². The third-order valence-electron chi connectivity index (χ3n) is 5.44. The number of piperidine rings is 1. The molecule has 0 spiro atoms. The summed E-state index contributed by atoms with van der Waals surface area (Å²) in [4.78, 5) is 42.4. The van der Waals surface area contributed by atoms with Crippen molar-refractivity contribution < 1.29 is 33.6 Å². The van der Waals surface area contributed by atoms with Crippen LogP contribution in [-0.4, -0.2) is 59.5 Å². The molecule has 0 radical (unpaired) electrons. The minimum absolute atomic E-state index is 0.0808. The Morgan fingerprint density at radius 2 is 2.03 bits per heavy atom. The highest BCUT2D eigenvalue weighted by atomic mass is 31.1. The lowest BCUT2D eigenvalue weighted by atomic mass is 10.1. The molecule has 1 aliphatic rings. The number of esters is 1. The van der Waals surface area contributed by atoms with Crippen LogP contribution in [0.3, 0.4) is 0 Å². The largest absolute Gasteiger partial charge is 0.575 e. The number of pyridine rings is 1. The van der Waals surface area contributed by atoms with Gasteiger partial charge in [-0.15, -0.1) is 0 Å². The van der Waals surface area contributed by atoms with Gasteiger partial charge in [0.05, 0.1) is 11.3 Å². The van der Waals surface area contributed by atoms with Gasteiger partial charge in [0.25, 0.3) is 0 Å². The number of ether oxygens (including phenoxy) is 2. The fourth-order valence-electron chi connectivity index (χ4n) is 3.36. The number of nitrogens with zero attached hydrogens (tertiary/aromatic N) is 3. The molecular weight excluding hydrogens is 461 g/mol. The van der Waals surface area contributed by atoms with Crippen molar-refractivity contribution >= 4 is 20.4 Å². The van der Waals surface area contributed by atoms with Gasteiger partial charge in [-0.2, -0.15) is 0 Å². The lowest BCUT2D eigenvalue weighted by Gasteiger charge is -2.28. The normalized spacial score (nSPS) is 16.1. The Morgan fingerprint density at radius 1 is 1.35 bits per heavy atom. The van der Waals surface area contributed by atoms with Crippen LogP contribution in [0.4, 0.5) is 0 Å². The Kier molecular flexibility index (Phi) is 8.92. The van der Waals surface area contributed by atoms with Crippen LogP contribution in [0.1, 0.15) is 41.4 Å². The minimum atomic E-state index is -2.58. The van der Waals surface area contributed by atoms with Crippen LogP contribution < -0.4 is 14.2 Å². The number of rotatable bonds is 9. The molecule has 0 bridgehead atoms. The van der Waals surface area contributed by atoms with Gasteiger partial charge in [0, 0.05) is 24.8 Å². The van der Waals surface area contributed by atoms with Crippen LogP contribution >= 0.6 is 8.17 Å². The quantitative estimate of drug-likeness (QED) is 0.321. The molecule has 1 unspecified atom stereocenters. The molecule has 1 aliphatic heterocycles. The van der Waals surface area contributed by atoms with Crippen LogP contribution in [0.5, 0.6) is 17.2 Å². The highest BCUT2D eigenvalue weighted by molar-refractivity contribution is 7.34. The number of aromatic nitrogens is 1. The van der Waals surface area contributed by atoms with Gasteiger partial charge in [0.15, 0.2) is 18.1 Å². The molecule has 34 heavy (non-hydrogen) atoms. The highest BCUT2D eigenvalue weighted by Gasteiger charge is 2.25. The number of para-hydroxylation sites is 2. The summed E-state index contributed by atoms with van der Waals surface area (Å²) in [5, 5.41) is 10.0. The van der Waals surface area contributed by atoms with Gasteiger partial charge in [-0.05, 0) is 45.9 Å². The maximum atomic E-state index is 12.5. The van der Waals surface area contributed by atoms with Gasteiger partial charge in [-0.25, -0.2) is 4.79 Å². The number of aryl methyl sites for hydroxylation is 1. The second-order valence-electron chi connectivity index (χ2n) is 8.04. The van der Waals surface area contributed by atoms with E-state index in [4.69, 9.17) is 14.0 Å². The van der Waals surface area contributed by atoms with E-state index in [9.17, 15) is 19.6 Å². The Balaban J connectivity index is 1.63. The van der Waals surface area contributed by atoms with Gasteiger partial charge < -0.3 is 24.4 Å². The van der Waals surface area contributed by atoms with Crippen LogP contribution in [0.2, 0.25) is 0 Å². The molecule has 0 aliphatic carbocycles. The average Bonchev–Trinajstić information content (AvgIpc) is 2.82. The van der Waals surface area contributed by atoms with E-state index in [1.54, 1.807) is 31.2 Å². The fourth-order valence-corrected chi connectivity index (χ4v) is 4.10. The first-order chi connectivity index (χ1) is 16.3. The number of benzene rings is 1. The molecule has 0 saturated carbocycles. The summed E-state index contributed by atoms with van der Waals surface area (Å²) in [6.07, 6.45) is 3.31. The third-order valence-corrected chi connectivity index (χ3v) is 6.33. The molecule has 1 N–H and O–H groups in total. The van der Waals surface area contributed by atoms with Gasteiger partial charge in [-0.1, -0.05) is 16.9 Å². The molecule has 1 aromatic heterocycles. The van der Waals surface area contributed by atoms with Crippen LogP contribution in [0, 0.1) is 6.92 Å². The van der Waals surface area contributed by atoms with Crippen LogP contribution in [0.25, 0.3) is 0 Å². The second kappa shape index (κ2) is 11.9. The molecule has 1 fully saturated rings. The van der Waals surface area contributed by atoms with Crippen molar-refractivity contribution in [3.8, 4) is 17.2 Å². The second-order valence-corrected chi connectivity index (χ2v) is 8.93. The first kappa shape index (κ1) is 25.6. The molecular formula is C23H28N3O7P. The standard InChI is InChI=1S/C23H28N3O7P/c1-15-22(28)19(13-27)17(12-24-15)14-31-20-6-4-5-7-21(20)33-34(30)25-16(2)23(29)32-18-8-10-26(3)11-9-18/h4-7,12-13,16,18,28H,8-11,14H2,1-3H3/t16-/m0/s1. The minimum Gasteiger partial charge on any atom is -0.575 e. The Morgan fingerprint density at radius 3 is 2.71 bits per heavy atom. The Labute approximate surface area is 199 Å². The van der Waals surface area contributed by atoms with Crippen LogP contribution in [-0.2, 0) is 16.1 Å². The summed E-state index contributed by atoms with van der Waals surface area (Å²) >= 11 is 0. The zero-order valence-electron chi connectivity index (χ0n) is 19.3. The lowest BCUT2D eigenvalue weighted by molar-refractivity contribution is -0.170. The maximum absolute atomic E-state index is 12.5. The van der Waals surface area contributed by atoms with Crippen molar-refractivity contribution in [2.75, 3.05) is 20.1 Å². The monoisotopic (exact) mass is 489 g/mol. The lowest BCUT2D eigenvalue weighted by Crippen LogP contribution is -2.36. The van der Waals surface area contributed by atoms with E-state index in [-0.39, 0.29) is 35.5 Å². The summed E-state index contributed by atoms with van der Waals surface area (Å²) in [5.41, 5.74) is 0.799. The van der Waals surface area contributed by atoms with Gasteiger partial charge in [0.2, 0.25) is 5.75 Å². The molecule has 182 valence electrons. The summed E-state index contributed by atoms with van der Waals surface area (Å²) in [6.45, 7) is 4.71. The van der Waals surface area contributed by atoms with Crippen molar-refractivity contribution in [1.82, 2.24) is 9.88 Å². The molecule has 0 amide bonds. The van der Waals surface area contributed by atoms with Crippen molar-refractivity contribution in [2.24, 2.45) is 4.74 Å².